The molecule has 0 N–H and O–H groups in total. The lowest BCUT2D eigenvalue weighted by Gasteiger charge is -2.11. The molecule has 5 heteroatoms. The van der Waals surface area contributed by atoms with Gasteiger partial charge in [-0.1, -0.05) is 164 Å². The molecular weight excluding hydrogens is 641 g/mol. The first-order valence-electron chi connectivity index (χ1n) is 17.0. The van der Waals surface area contributed by atoms with Gasteiger partial charge in [-0.05, 0) is 22.6 Å². The van der Waals surface area contributed by atoms with E-state index in [1.165, 1.54) is 36.3 Å². The van der Waals surface area contributed by atoms with E-state index in [2.05, 4.69) is 109 Å². The van der Waals surface area contributed by atoms with Gasteiger partial charge in [-0.2, -0.15) is 0 Å². The molecule has 0 aliphatic rings. The summed E-state index contributed by atoms with van der Waals surface area (Å²) in [7, 11) is 0. The number of aromatic nitrogens is 4. The first kappa shape index (κ1) is 29.4. The standard InChI is InChI=1S/C46H28N4S/c1-3-12-33(13-4-1)44-48-45(34-14-5-2-6-15-34)50-46(49-44)35-25-21-30(22-26-35)29-19-23-32(24-20-29)41-43-40(37-17-9-10-18-39(37)51-43)38-28-27-31-11-7-8-16-36(31)42(38)47-41/h1-28H. The molecule has 10 aromatic rings. The minimum Gasteiger partial charge on any atom is -0.246 e. The maximum Gasteiger partial charge on any atom is 0.164 e. The van der Waals surface area contributed by atoms with Gasteiger partial charge in [0, 0.05) is 48.5 Å². The molecule has 0 aliphatic carbocycles. The first-order chi connectivity index (χ1) is 25.3. The van der Waals surface area contributed by atoms with E-state index in [1.807, 2.05) is 72.0 Å². The Labute approximate surface area is 298 Å². The second-order valence-electron chi connectivity index (χ2n) is 12.6. The summed E-state index contributed by atoms with van der Waals surface area (Å²) < 4.78 is 2.50. The Morgan fingerprint density at radius 1 is 0.333 bits per heavy atom. The van der Waals surface area contributed by atoms with Crippen molar-refractivity contribution in [2.45, 2.75) is 0 Å². The SMILES string of the molecule is c1ccc(-c2nc(-c3ccccc3)nc(-c3ccc(-c4ccc(-c5nc6c7ccccc7ccc6c6c5sc5ccccc56)cc4)cc3)n2)cc1. The maximum atomic E-state index is 5.39. The van der Waals surface area contributed by atoms with Gasteiger partial charge in [0.15, 0.2) is 17.5 Å². The van der Waals surface area contributed by atoms with Gasteiger partial charge in [-0.15, -0.1) is 11.3 Å². The van der Waals surface area contributed by atoms with Gasteiger partial charge in [0.05, 0.1) is 15.9 Å². The van der Waals surface area contributed by atoms with Crippen LogP contribution in [-0.4, -0.2) is 19.9 Å². The largest absolute Gasteiger partial charge is 0.246 e. The molecular formula is C46H28N4S. The Morgan fingerprint density at radius 3 is 1.45 bits per heavy atom. The molecule has 10 rings (SSSR count). The Morgan fingerprint density at radius 2 is 0.824 bits per heavy atom. The zero-order valence-electron chi connectivity index (χ0n) is 27.4. The van der Waals surface area contributed by atoms with Crippen LogP contribution < -0.4 is 0 Å². The number of hydrogen-bond acceptors (Lipinski definition) is 5. The summed E-state index contributed by atoms with van der Waals surface area (Å²) in [6.45, 7) is 0. The molecule has 0 bridgehead atoms. The molecule has 0 saturated carbocycles. The maximum absolute atomic E-state index is 5.39. The minimum atomic E-state index is 0.645. The number of hydrogen-bond donors (Lipinski definition) is 0. The predicted molar refractivity (Wildman–Crippen MR) is 213 cm³/mol. The molecule has 3 heterocycles. The van der Waals surface area contributed by atoms with Crippen LogP contribution in [0.3, 0.4) is 0 Å². The number of thiophene rings is 1. The van der Waals surface area contributed by atoms with Gasteiger partial charge in [-0.25, -0.2) is 19.9 Å². The molecule has 238 valence electrons. The molecule has 0 saturated heterocycles. The van der Waals surface area contributed by atoms with Crippen LogP contribution in [0.5, 0.6) is 0 Å². The van der Waals surface area contributed by atoms with Crippen LogP contribution in [-0.2, 0) is 0 Å². The predicted octanol–water partition coefficient (Wildman–Crippen LogP) is 12.3. The summed E-state index contributed by atoms with van der Waals surface area (Å²) >= 11 is 1.82. The van der Waals surface area contributed by atoms with E-state index in [0.29, 0.717) is 17.5 Å². The van der Waals surface area contributed by atoms with Gasteiger partial charge in [0.25, 0.3) is 0 Å². The van der Waals surface area contributed by atoms with Gasteiger partial charge >= 0.3 is 0 Å². The van der Waals surface area contributed by atoms with Crippen molar-refractivity contribution in [1.29, 1.82) is 0 Å². The summed E-state index contributed by atoms with van der Waals surface area (Å²) in [6, 6.07) is 59.1. The Bertz CT molecular complexity index is 2820. The Kier molecular flexibility index (Phi) is 6.96. The van der Waals surface area contributed by atoms with E-state index < -0.39 is 0 Å². The van der Waals surface area contributed by atoms with Crippen LogP contribution in [0.2, 0.25) is 0 Å². The fourth-order valence-corrected chi connectivity index (χ4v) is 8.21. The molecule has 0 atom stereocenters. The molecule has 51 heavy (non-hydrogen) atoms. The Balaban J connectivity index is 1.04. The normalized spacial score (nSPS) is 11.5. The second kappa shape index (κ2) is 12.1. The summed E-state index contributed by atoms with van der Waals surface area (Å²) in [5, 5.41) is 6.14. The first-order valence-corrected chi connectivity index (χ1v) is 17.8. The van der Waals surface area contributed by atoms with Crippen molar-refractivity contribution in [3.63, 3.8) is 0 Å². The molecule has 0 amide bonds. The number of rotatable bonds is 5. The molecule has 0 fully saturated rings. The topological polar surface area (TPSA) is 51.6 Å². The van der Waals surface area contributed by atoms with Gasteiger partial charge in [0.2, 0.25) is 0 Å². The zero-order valence-corrected chi connectivity index (χ0v) is 28.2. The van der Waals surface area contributed by atoms with Crippen molar-refractivity contribution in [3.05, 3.63) is 170 Å². The quantitative estimate of drug-likeness (QED) is 0.171. The number of pyridine rings is 1. The van der Waals surface area contributed by atoms with E-state index in [-0.39, 0.29) is 0 Å². The van der Waals surface area contributed by atoms with Crippen molar-refractivity contribution in [2.24, 2.45) is 0 Å². The highest BCUT2D eigenvalue weighted by atomic mass is 32.1. The van der Waals surface area contributed by atoms with Crippen molar-refractivity contribution >= 4 is 53.2 Å². The summed E-state index contributed by atoms with van der Waals surface area (Å²) in [5.74, 6) is 1.95. The van der Waals surface area contributed by atoms with Crippen LogP contribution >= 0.6 is 11.3 Å². The Hall–Kier alpha value is -6.56. The summed E-state index contributed by atoms with van der Waals surface area (Å²) in [4.78, 5) is 20.0. The van der Waals surface area contributed by atoms with Crippen molar-refractivity contribution in [2.75, 3.05) is 0 Å². The van der Waals surface area contributed by atoms with E-state index in [1.54, 1.807) is 0 Å². The van der Waals surface area contributed by atoms with Crippen molar-refractivity contribution in [1.82, 2.24) is 19.9 Å². The van der Waals surface area contributed by atoms with Crippen LogP contribution in [0.15, 0.2) is 170 Å². The molecule has 7 aromatic carbocycles. The lowest BCUT2D eigenvalue weighted by molar-refractivity contribution is 1.07. The lowest BCUT2D eigenvalue weighted by atomic mass is 9.98. The smallest absolute Gasteiger partial charge is 0.164 e. The van der Waals surface area contributed by atoms with Crippen LogP contribution in [0, 0.1) is 0 Å². The van der Waals surface area contributed by atoms with Gasteiger partial charge in [0.1, 0.15) is 0 Å². The summed E-state index contributed by atoms with van der Waals surface area (Å²) in [6.07, 6.45) is 0. The third-order valence-electron chi connectivity index (χ3n) is 9.54. The van der Waals surface area contributed by atoms with Crippen molar-refractivity contribution < 1.29 is 0 Å². The second-order valence-corrected chi connectivity index (χ2v) is 13.7. The van der Waals surface area contributed by atoms with Crippen molar-refractivity contribution in [3.8, 4) is 56.5 Å². The van der Waals surface area contributed by atoms with Crippen LogP contribution in [0.4, 0.5) is 0 Å². The molecule has 0 unspecified atom stereocenters. The third-order valence-corrected chi connectivity index (χ3v) is 10.7. The van der Waals surface area contributed by atoms with Gasteiger partial charge in [-0.3, -0.25) is 0 Å². The fourth-order valence-electron chi connectivity index (χ4n) is 6.99. The molecule has 0 spiro atoms. The molecule has 0 radical (unpaired) electrons. The van der Waals surface area contributed by atoms with Crippen LogP contribution in [0.1, 0.15) is 0 Å². The third kappa shape index (κ3) is 5.14. The number of fused-ring (bicyclic) bond motifs is 7. The zero-order chi connectivity index (χ0) is 33.7. The minimum absolute atomic E-state index is 0.645. The van der Waals surface area contributed by atoms with Gasteiger partial charge < -0.3 is 0 Å². The average molecular weight is 669 g/mol. The van der Waals surface area contributed by atoms with E-state index in [0.717, 1.165) is 44.6 Å². The van der Waals surface area contributed by atoms with E-state index in [4.69, 9.17) is 19.9 Å². The molecule has 0 aliphatic heterocycles. The van der Waals surface area contributed by atoms with E-state index >= 15 is 0 Å². The monoisotopic (exact) mass is 668 g/mol. The fraction of sp³-hybridized carbons (Fsp3) is 0. The highest BCUT2D eigenvalue weighted by Crippen LogP contribution is 2.44. The molecule has 4 nitrogen and oxygen atoms in total. The number of nitrogens with zero attached hydrogens (tertiary/aromatic N) is 4. The number of benzene rings is 7. The van der Waals surface area contributed by atoms with E-state index in [9.17, 15) is 0 Å². The molecule has 3 aromatic heterocycles. The average Bonchev–Trinajstić information content (AvgIpc) is 3.61. The van der Waals surface area contributed by atoms with Crippen LogP contribution in [0.25, 0.3) is 98.4 Å². The lowest BCUT2D eigenvalue weighted by Crippen LogP contribution is -2.00. The highest BCUT2D eigenvalue weighted by molar-refractivity contribution is 7.26. The summed E-state index contributed by atoms with van der Waals surface area (Å²) in [5.41, 5.74) is 8.28. The highest BCUT2D eigenvalue weighted by Gasteiger charge is 2.18.